The SMILES string of the molecule is [2H][13C]1([2H])Oc2cc(C=O)cc(OC)c2O1. The van der Waals surface area contributed by atoms with E-state index in [4.69, 9.17) is 17.0 Å². The molecule has 13 heavy (non-hydrogen) atoms. The summed E-state index contributed by atoms with van der Waals surface area (Å²) in [4.78, 5) is 10.6. The van der Waals surface area contributed by atoms with Crippen molar-refractivity contribution >= 4 is 6.29 Å². The molecule has 0 aromatic heterocycles. The van der Waals surface area contributed by atoms with Crippen LogP contribution in [0.15, 0.2) is 12.1 Å². The van der Waals surface area contributed by atoms with Crippen LogP contribution >= 0.6 is 0 Å². The summed E-state index contributed by atoms with van der Waals surface area (Å²) in [6.07, 6.45) is 0.625. The van der Waals surface area contributed by atoms with E-state index in [1.54, 1.807) is 0 Å². The summed E-state index contributed by atoms with van der Waals surface area (Å²) in [5, 5.41) is 0. The van der Waals surface area contributed by atoms with Crippen molar-refractivity contribution in [3.05, 3.63) is 17.7 Å². The van der Waals surface area contributed by atoms with Gasteiger partial charge in [-0.05, 0) is 12.1 Å². The molecule has 4 nitrogen and oxygen atoms in total. The lowest BCUT2D eigenvalue weighted by Gasteiger charge is -2.04. The fourth-order valence-electron chi connectivity index (χ4n) is 1.10. The Morgan fingerprint density at radius 3 is 3.15 bits per heavy atom. The van der Waals surface area contributed by atoms with Crippen molar-refractivity contribution in [3.63, 3.8) is 0 Å². The van der Waals surface area contributed by atoms with Crippen LogP contribution in [0, 0.1) is 0 Å². The lowest BCUT2D eigenvalue weighted by atomic mass is 10.2. The van der Waals surface area contributed by atoms with Gasteiger partial charge < -0.3 is 14.2 Å². The molecule has 0 radical (unpaired) electrons. The van der Waals surface area contributed by atoms with E-state index in [0.29, 0.717) is 11.8 Å². The van der Waals surface area contributed by atoms with Crippen LogP contribution in [0.2, 0.25) is 0 Å². The van der Waals surface area contributed by atoms with Crippen molar-refractivity contribution in [3.8, 4) is 17.2 Å². The number of aldehydes is 1. The van der Waals surface area contributed by atoms with Gasteiger partial charge in [0.2, 0.25) is 12.5 Å². The first kappa shape index (κ1) is 5.85. The van der Waals surface area contributed by atoms with Crippen molar-refractivity contribution < 1.29 is 21.7 Å². The van der Waals surface area contributed by atoms with Crippen LogP contribution in [0.1, 0.15) is 13.1 Å². The molecule has 0 bridgehead atoms. The van der Waals surface area contributed by atoms with Crippen molar-refractivity contribution in [1.29, 1.82) is 0 Å². The number of methoxy groups -OCH3 is 1. The van der Waals surface area contributed by atoms with Crippen LogP contribution in [0.3, 0.4) is 0 Å². The van der Waals surface area contributed by atoms with E-state index >= 15 is 0 Å². The van der Waals surface area contributed by atoms with Crippen LogP contribution in [0.5, 0.6) is 17.2 Å². The monoisotopic (exact) mass is 183 g/mol. The lowest BCUT2D eigenvalue weighted by Crippen LogP contribution is -1.93. The third-order valence-corrected chi connectivity index (χ3v) is 1.69. The molecule has 1 aliphatic heterocycles. The fraction of sp³-hybridized carbons (Fsp3) is 0.222. The van der Waals surface area contributed by atoms with E-state index in [1.807, 2.05) is 0 Å². The predicted octanol–water partition coefficient (Wildman–Crippen LogP) is 1.24. The normalized spacial score (nSPS) is 18.8. The first-order chi connectivity index (χ1) is 7.05. The van der Waals surface area contributed by atoms with Crippen LogP contribution in [-0.4, -0.2) is 20.1 Å². The molecule has 68 valence electrons. The average Bonchev–Trinajstić information content (AvgIpc) is 2.50. The largest absolute Gasteiger partial charge is 0.493 e. The van der Waals surface area contributed by atoms with E-state index in [-0.39, 0.29) is 17.2 Å². The highest BCUT2D eigenvalue weighted by atomic mass is 16.8. The topological polar surface area (TPSA) is 44.8 Å². The molecule has 0 saturated carbocycles. The Hall–Kier alpha value is -1.71. The summed E-state index contributed by atoms with van der Waals surface area (Å²) >= 11 is 0. The summed E-state index contributed by atoms with van der Waals surface area (Å²) in [6, 6.07) is 2.85. The Morgan fingerprint density at radius 1 is 1.62 bits per heavy atom. The molecule has 0 spiro atoms. The minimum absolute atomic E-state index is 0.168. The summed E-state index contributed by atoms with van der Waals surface area (Å²) in [7, 11) is 1.40. The van der Waals surface area contributed by atoms with Gasteiger partial charge in [-0.2, -0.15) is 0 Å². The third-order valence-electron chi connectivity index (χ3n) is 1.69. The van der Waals surface area contributed by atoms with E-state index < -0.39 is 6.75 Å². The number of carbonyl (C=O) groups is 1. The van der Waals surface area contributed by atoms with Crippen molar-refractivity contribution in [2.24, 2.45) is 0 Å². The van der Waals surface area contributed by atoms with E-state index in [1.165, 1.54) is 19.2 Å². The van der Waals surface area contributed by atoms with E-state index in [0.717, 1.165) is 0 Å². The smallest absolute Gasteiger partial charge is 0.231 e. The van der Waals surface area contributed by atoms with Gasteiger partial charge in [0.05, 0.1) is 7.11 Å². The quantitative estimate of drug-likeness (QED) is 0.511. The molecular formula is C9H8O4. The van der Waals surface area contributed by atoms with Gasteiger partial charge in [-0.15, -0.1) is 0 Å². The second kappa shape index (κ2) is 2.97. The average molecular weight is 183 g/mol. The van der Waals surface area contributed by atoms with Crippen molar-refractivity contribution in [1.82, 2.24) is 0 Å². The molecular weight excluding hydrogens is 173 g/mol. The molecule has 4 heteroatoms. The van der Waals surface area contributed by atoms with Crippen LogP contribution < -0.4 is 14.2 Å². The third kappa shape index (κ3) is 1.20. The highest BCUT2D eigenvalue weighted by molar-refractivity contribution is 5.78. The number of benzene rings is 1. The van der Waals surface area contributed by atoms with Crippen molar-refractivity contribution in [2.45, 2.75) is 0 Å². The minimum atomic E-state index is -2.21. The van der Waals surface area contributed by atoms with Gasteiger partial charge in [0.1, 0.15) is 9.03 Å². The summed E-state index contributed by atoms with van der Waals surface area (Å²) in [5.41, 5.74) is 0.340. The van der Waals surface area contributed by atoms with E-state index in [9.17, 15) is 4.79 Å². The van der Waals surface area contributed by atoms with Crippen LogP contribution in [0.25, 0.3) is 0 Å². The molecule has 0 unspecified atom stereocenters. The molecule has 0 saturated heterocycles. The number of carbonyl (C=O) groups excluding carboxylic acids is 1. The summed E-state index contributed by atoms with van der Waals surface area (Å²) in [6.45, 7) is -2.21. The molecule has 0 aliphatic carbocycles. The Balaban J connectivity index is 2.52. The number of hydrogen-bond acceptors (Lipinski definition) is 4. The highest BCUT2D eigenvalue weighted by Crippen LogP contribution is 2.41. The Labute approximate surface area is 77.8 Å². The van der Waals surface area contributed by atoms with Crippen LogP contribution in [-0.2, 0) is 0 Å². The standard InChI is InChI=1S/C9H8O4/c1-11-7-2-6(4-10)3-8-9(7)13-5-12-8/h2-4H,5H2,1H3/i5+1D2. The number of fused-ring (bicyclic) bond motifs is 1. The molecule has 1 heterocycles. The minimum Gasteiger partial charge on any atom is -0.493 e. The fourth-order valence-corrected chi connectivity index (χ4v) is 1.10. The maximum atomic E-state index is 10.6. The molecule has 0 fully saturated rings. The van der Waals surface area contributed by atoms with Gasteiger partial charge in [-0.1, -0.05) is 0 Å². The maximum Gasteiger partial charge on any atom is 0.231 e. The van der Waals surface area contributed by atoms with Gasteiger partial charge in [-0.3, -0.25) is 4.79 Å². The van der Waals surface area contributed by atoms with Gasteiger partial charge in [0, 0.05) is 5.56 Å². The second-order valence-electron chi connectivity index (χ2n) is 2.46. The summed E-state index contributed by atoms with van der Waals surface area (Å²) in [5.74, 6) is 0.616. The van der Waals surface area contributed by atoms with Gasteiger partial charge in [0.15, 0.2) is 11.5 Å². The van der Waals surface area contributed by atoms with Crippen molar-refractivity contribution in [2.75, 3.05) is 13.9 Å². The van der Waals surface area contributed by atoms with E-state index in [2.05, 4.69) is 0 Å². The predicted molar refractivity (Wildman–Crippen MR) is 44.5 cm³/mol. The summed E-state index contributed by atoms with van der Waals surface area (Å²) < 4.78 is 29.2. The second-order valence-corrected chi connectivity index (χ2v) is 2.46. The van der Waals surface area contributed by atoms with Gasteiger partial charge in [-0.25, -0.2) is 0 Å². The Bertz CT molecular complexity index is 417. The molecule has 1 aromatic rings. The zero-order valence-electron chi connectivity index (χ0n) is 8.87. The molecule has 2 rings (SSSR count). The van der Waals surface area contributed by atoms with Gasteiger partial charge >= 0.3 is 0 Å². The lowest BCUT2D eigenvalue weighted by molar-refractivity contribution is 0.112. The zero-order chi connectivity index (χ0) is 11.1. The first-order valence-electron chi connectivity index (χ1n) is 4.61. The molecule has 1 aliphatic rings. The Morgan fingerprint density at radius 2 is 2.46 bits per heavy atom. The molecule has 0 atom stereocenters. The number of ether oxygens (including phenoxy) is 3. The number of hydrogen-bond donors (Lipinski definition) is 0. The van der Waals surface area contributed by atoms with Gasteiger partial charge in [0.25, 0.3) is 0 Å². The maximum absolute atomic E-state index is 10.6. The Kier molecular flexibility index (Phi) is 1.34. The first-order valence-corrected chi connectivity index (χ1v) is 3.61. The zero-order valence-corrected chi connectivity index (χ0v) is 6.87. The van der Waals surface area contributed by atoms with Crippen LogP contribution in [0.4, 0.5) is 0 Å². The molecule has 0 amide bonds. The number of rotatable bonds is 2. The molecule has 0 N–H and O–H groups in total. The molecule has 1 aromatic carbocycles. The highest BCUT2D eigenvalue weighted by Gasteiger charge is 2.19.